The lowest BCUT2D eigenvalue weighted by molar-refractivity contribution is -0.137. The maximum absolute atomic E-state index is 14.4. The Morgan fingerprint density at radius 2 is 1.56 bits per heavy atom. The molecule has 1 N–H and O–H groups in total. The number of urea groups is 1. The summed E-state index contributed by atoms with van der Waals surface area (Å²) in [7, 11) is 0. The topological polar surface area (TPSA) is 41.5 Å². The third-order valence-corrected chi connectivity index (χ3v) is 6.11. The summed E-state index contributed by atoms with van der Waals surface area (Å²) in [6, 6.07) is 12.1. The third-order valence-electron chi connectivity index (χ3n) is 6.11. The van der Waals surface area contributed by atoms with Gasteiger partial charge in [-0.25, -0.2) is 18.0 Å². The van der Waals surface area contributed by atoms with Gasteiger partial charge in [-0.2, -0.15) is 18.2 Å². The van der Waals surface area contributed by atoms with Crippen LogP contribution >= 0.6 is 0 Å². The molecule has 3 nitrogen and oxygen atoms in total. The predicted octanol–water partition coefficient (Wildman–Crippen LogP) is 7.40. The highest BCUT2D eigenvalue weighted by molar-refractivity contribution is 6.11. The number of carbonyl (C=O) groups is 1. The molecule has 0 aliphatic heterocycles. The molecule has 1 saturated carbocycles. The van der Waals surface area contributed by atoms with E-state index in [2.05, 4.69) is 10.3 Å². The molecule has 0 bridgehead atoms. The first kappa shape index (κ1) is 25.5. The minimum absolute atomic E-state index is 0.00361. The number of alkyl halides is 3. The van der Waals surface area contributed by atoms with Crippen LogP contribution in [-0.4, -0.2) is 17.8 Å². The van der Waals surface area contributed by atoms with Crippen LogP contribution in [0, 0.1) is 17.5 Å². The van der Waals surface area contributed by atoms with E-state index in [9.17, 15) is 31.1 Å². The van der Waals surface area contributed by atoms with Crippen molar-refractivity contribution in [1.82, 2.24) is 5.32 Å². The molecule has 2 amide bonds. The Balaban J connectivity index is 1.92. The number of nitrogens with zero attached hydrogens (tertiary/aromatic N) is 1. The molecular formula is C27H22F6N2O. The Kier molecular flexibility index (Phi) is 7.47. The van der Waals surface area contributed by atoms with Gasteiger partial charge in [0.05, 0.1) is 17.2 Å². The van der Waals surface area contributed by atoms with Crippen LogP contribution in [0.4, 0.5) is 31.1 Å². The second kappa shape index (κ2) is 10.6. The van der Waals surface area contributed by atoms with Crippen LogP contribution in [-0.2, 0) is 6.18 Å². The Hall–Kier alpha value is -3.62. The van der Waals surface area contributed by atoms with E-state index in [1.807, 2.05) is 0 Å². The van der Waals surface area contributed by atoms with Crippen molar-refractivity contribution in [2.24, 2.45) is 4.99 Å². The molecule has 0 unspecified atom stereocenters. The first-order valence-corrected chi connectivity index (χ1v) is 11.4. The highest BCUT2D eigenvalue weighted by Crippen LogP contribution is 2.36. The molecule has 0 radical (unpaired) electrons. The molecule has 1 fully saturated rings. The number of hydrogen-bond acceptors (Lipinski definition) is 1. The summed E-state index contributed by atoms with van der Waals surface area (Å²) in [5.74, 6) is -4.89. The monoisotopic (exact) mass is 504 g/mol. The molecule has 0 spiro atoms. The van der Waals surface area contributed by atoms with Gasteiger partial charge in [0.25, 0.3) is 0 Å². The van der Waals surface area contributed by atoms with Crippen LogP contribution in [0.5, 0.6) is 0 Å². The average Bonchev–Trinajstić information content (AvgIpc) is 3.33. The second-order valence-electron chi connectivity index (χ2n) is 8.67. The van der Waals surface area contributed by atoms with Gasteiger partial charge in [0, 0.05) is 6.04 Å². The maximum atomic E-state index is 14.4. The van der Waals surface area contributed by atoms with E-state index in [-0.39, 0.29) is 22.9 Å². The van der Waals surface area contributed by atoms with E-state index >= 15 is 0 Å². The van der Waals surface area contributed by atoms with Gasteiger partial charge in [-0.3, -0.25) is 0 Å². The zero-order valence-electron chi connectivity index (χ0n) is 19.0. The molecule has 1 aliphatic rings. The number of carbonyl (C=O) groups excluding carboxylic acids is 1. The van der Waals surface area contributed by atoms with E-state index in [0.29, 0.717) is 11.6 Å². The third kappa shape index (κ3) is 5.95. The van der Waals surface area contributed by atoms with E-state index < -0.39 is 41.1 Å². The predicted molar refractivity (Wildman–Crippen MR) is 123 cm³/mol. The Bertz CT molecular complexity index is 1270. The standard InChI is InChI=1S/C27H22F6N2O/c28-20-13-18(12-19(15-20)27(31,32)33)24(17-10-11-22(29)23(30)14-17)25(16-6-2-1-3-7-16)35-26(36)34-21-8-4-5-9-21/h1-3,6-7,10-15,21,24H,4-5,8-9H2,(H,34,36)/b35-25+/t24-/m1/s1. The van der Waals surface area contributed by atoms with Gasteiger partial charge in [0.1, 0.15) is 5.82 Å². The first-order chi connectivity index (χ1) is 17.1. The van der Waals surface area contributed by atoms with Crippen LogP contribution in [0.1, 0.15) is 53.9 Å². The SMILES string of the molecule is O=C(/N=C(\c1ccccc1)[C@@H](c1cc(F)cc(C(F)(F)F)c1)c1ccc(F)c(F)c1)NC1CCCC1. The molecule has 0 saturated heterocycles. The molecule has 188 valence electrons. The summed E-state index contributed by atoms with van der Waals surface area (Å²) in [5.41, 5.74) is -1.15. The molecule has 1 aliphatic carbocycles. The molecular weight excluding hydrogens is 482 g/mol. The van der Waals surface area contributed by atoms with Gasteiger partial charge in [-0.05, 0) is 59.9 Å². The Labute approximate surface area is 203 Å². The van der Waals surface area contributed by atoms with Gasteiger partial charge >= 0.3 is 12.2 Å². The van der Waals surface area contributed by atoms with Crippen molar-refractivity contribution >= 4 is 11.7 Å². The van der Waals surface area contributed by atoms with Crippen molar-refractivity contribution in [1.29, 1.82) is 0 Å². The van der Waals surface area contributed by atoms with Gasteiger partial charge in [0.15, 0.2) is 11.6 Å². The number of rotatable bonds is 5. The second-order valence-corrected chi connectivity index (χ2v) is 8.67. The summed E-state index contributed by atoms with van der Waals surface area (Å²) in [6.45, 7) is 0. The zero-order valence-corrected chi connectivity index (χ0v) is 19.0. The first-order valence-electron chi connectivity index (χ1n) is 11.4. The smallest absolute Gasteiger partial charge is 0.333 e. The van der Waals surface area contributed by atoms with Crippen LogP contribution in [0.3, 0.4) is 0 Å². The van der Waals surface area contributed by atoms with Crippen LogP contribution < -0.4 is 5.32 Å². The maximum Gasteiger partial charge on any atom is 0.416 e. The highest BCUT2D eigenvalue weighted by atomic mass is 19.4. The van der Waals surface area contributed by atoms with Crippen molar-refractivity contribution in [2.75, 3.05) is 0 Å². The molecule has 4 rings (SSSR count). The van der Waals surface area contributed by atoms with Crippen molar-refractivity contribution in [3.05, 3.63) is 106 Å². The van der Waals surface area contributed by atoms with E-state index in [1.165, 1.54) is 6.07 Å². The fraction of sp³-hybridized carbons (Fsp3) is 0.259. The number of benzene rings is 3. The normalized spacial score (nSPS) is 15.7. The van der Waals surface area contributed by atoms with E-state index in [1.54, 1.807) is 30.3 Å². The summed E-state index contributed by atoms with van der Waals surface area (Å²) in [6.07, 6.45) is -1.43. The minimum Gasteiger partial charge on any atom is -0.333 e. The number of halogens is 6. The number of nitrogens with one attached hydrogen (secondary N) is 1. The lowest BCUT2D eigenvalue weighted by atomic mass is 9.83. The van der Waals surface area contributed by atoms with Crippen molar-refractivity contribution < 1.29 is 31.1 Å². The summed E-state index contributed by atoms with van der Waals surface area (Å²) in [5, 5.41) is 2.79. The molecule has 3 aromatic rings. The Morgan fingerprint density at radius 3 is 2.19 bits per heavy atom. The molecule has 0 aromatic heterocycles. The molecule has 36 heavy (non-hydrogen) atoms. The van der Waals surface area contributed by atoms with E-state index in [4.69, 9.17) is 0 Å². The van der Waals surface area contributed by atoms with Gasteiger partial charge < -0.3 is 5.32 Å². The van der Waals surface area contributed by atoms with Crippen LogP contribution in [0.25, 0.3) is 0 Å². The largest absolute Gasteiger partial charge is 0.416 e. The zero-order chi connectivity index (χ0) is 25.9. The molecule has 9 heteroatoms. The minimum atomic E-state index is -4.86. The van der Waals surface area contributed by atoms with Crippen molar-refractivity contribution in [3.8, 4) is 0 Å². The van der Waals surface area contributed by atoms with Gasteiger partial charge in [0.2, 0.25) is 0 Å². The summed E-state index contributed by atoms with van der Waals surface area (Å²) < 4.78 is 83.0. The average molecular weight is 504 g/mol. The van der Waals surface area contributed by atoms with Gasteiger partial charge in [-0.15, -0.1) is 0 Å². The number of amides is 2. The number of hydrogen-bond donors (Lipinski definition) is 1. The van der Waals surface area contributed by atoms with Crippen LogP contribution in [0.2, 0.25) is 0 Å². The summed E-state index contributed by atoms with van der Waals surface area (Å²) in [4.78, 5) is 17.1. The quantitative estimate of drug-likeness (QED) is 0.286. The fourth-order valence-corrected chi connectivity index (χ4v) is 4.43. The van der Waals surface area contributed by atoms with Gasteiger partial charge in [-0.1, -0.05) is 49.2 Å². The van der Waals surface area contributed by atoms with Crippen molar-refractivity contribution in [3.63, 3.8) is 0 Å². The Morgan fingerprint density at radius 1 is 0.861 bits per heavy atom. The van der Waals surface area contributed by atoms with Crippen LogP contribution in [0.15, 0.2) is 71.7 Å². The molecule has 0 heterocycles. The lowest BCUT2D eigenvalue weighted by Gasteiger charge is -2.23. The fourth-order valence-electron chi connectivity index (χ4n) is 4.43. The molecule has 3 aromatic carbocycles. The van der Waals surface area contributed by atoms with Crippen molar-refractivity contribution in [2.45, 2.75) is 43.8 Å². The highest BCUT2D eigenvalue weighted by Gasteiger charge is 2.34. The van der Waals surface area contributed by atoms with E-state index in [0.717, 1.165) is 49.9 Å². The number of aliphatic imine (C=N–C) groups is 1. The lowest BCUT2D eigenvalue weighted by Crippen LogP contribution is -2.31. The molecule has 1 atom stereocenters. The summed E-state index contributed by atoms with van der Waals surface area (Å²) >= 11 is 0.